The van der Waals surface area contributed by atoms with Crippen LogP contribution in [0.2, 0.25) is 0 Å². The highest BCUT2D eigenvalue weighted by Crippen LogP contribution is 2.28. The third-order valence-electron chi connectivity index (χ3n) is 4.26. The molecule has 21 heavy (non-hydrogen) atoms. The summed E-state index contributed by atoms with van der Waals surface area (Å²) in [5, 5.41) is 3.19. The Morgan fingerprint density at radius 3 is 2.86 bits per heavy atom. The summed E-state index contributed by atoms with van der Waals surface area (Å²) in [5.74, 6) is 0. The second-order valence-corrected chi connectivity index (χ2v) is 7.76. The van der Waals surface area contributed by atoms with Crippen LogP contribution in [-0.4, -0.2) is 53.2 Å². The lowest BCUT2D eigenvalue weighted by molar-refractivity contribution is -0.0168. The maximum Gasteiger partial charge on any atom is 0.410 e. The molecule has 5 nitrogen and oxygen atoms in total. The zero-order chi connectivity index (χ0) is 14.9. The van der Waals surface area contributed by atoms with Gasteiger partial charge in [-0.1, -0.05) is 13.8 Å². The SMILES string of the molecule is CC1(C)COC(=O)N(C2CCN(Cc3nccs3)CC2)C1. The molecule has 3 heterocycles. The van der Waals surface area contributed by atoms with Crippen LogP contribution in [0.4, 0.5) is 4.79 Å². The molecule has 0 spiro atoms. The number of carbonyl (C=O) groups excluding carboxylic acids is 1. The summed E-state index contributed by atoms with van der Waals surface area (Å²) in [5.41, 5.74) is 0.0614. The Labute approximate surface area is 129 Å². The van der Waals surface area contributed by atoms with Crippen molar-refractivity contribution >= 4 is 17.4 Å². The van der Waals surface area contributed by atoms with Crippen LogP contribution in [0.25, 0.3) is 0 Å². The minimum absolute atomic E-state index is 0.0614. The Balaban J connectivity index is 1.54. The van der Waals surface area contributed by atoms with Crippen molar-refractivity contribution in [1.82, 2.24) is 14.8 Å². The van der Waals surface area contributed by atoms with E-state index in [1.165, 1.54) is 5.01 Å². The number of likely N-dealkylation sites (tertiary alicyclic amines) is 1. The van der Waals surface area contributed by atoms with Crippen LogP contribution in [0.1, 0.15) is 31.7 Å². The summed E-state index contributed by atoms with van der Waals surface area (Å²) in [6.07, 6.45) is 3.78. The summed E-state index contributed by atoms with van der Waals surface area (Å²) in [6, 6.07) is 0.324. The first-order valence-corrected chi connectivity index (χ1v) is 8.46. The maximum absolute atomic E-state index is 12.0. The highest BCUT2D eigenvalue weighted by Gasteiger charge is 2.37. The van der Waals surface area contributed by atoms with Crippen LogP contribution in [-0.2, 0) is 11.3 Å². The molecule has 3 rings (SSSR count). The van der Waals surface area contributed by atoms with Gasteiger partial charge in [-0.25, -0.2) is 9.78 Å². The average Bonchev–Trinajstić information content (AvgIpc) is 2.95. The van der Waals surface area contributed by atoms with E-state index in [1.54, 1.807) is 11.3 Å². The minimum atomic E-state index is -0.132. The quantitative estimate of drug-likeness (QED) is 0.861. The standard InChI is InChI=1S/C15H23N3O2S/c1-15(2)10-18(14(19)20-11-15)12-3-6-17(7-4-12)9-13-16-5-8-21-13/h5,8,12H,3-4,6-7,9-11H2,1-2H3. The second kappa shape index (κ2) is 5.93. The number of carbonyl (C=O) groups is 1. The third-order valence-corrected chi connectivity index (χ3v) is 5.02. The first kappa shape index (κ1) is 14.8. The van der Waals surface area contributed by atoms with Crippen molar-refractivity contribution in [2.75, 3.05) is 26.2 Å². The normalized spacial score (nSPS) is 24.1. The number of hydrogen-bond acceptors (Lipinski definition) is 5. The highest BCUT2D eigenvalue weighted by molar-refractivity contribution is 7.09. The number of nitrogens with zero attached hydrogens (tertiary/aromatic N) is 3. The van der Waals surface area contributed by atoms with Crippen LogP contribution in [0.5, 0.6) is 0 Å². The van der Waals surface area contributed by atoms with E-state index in [2.05, 4.69) is 23.7 Å². The Morgan fingerprint density at radius 2 is 2.19 bits per heavy atom. The smallest absolute Gasteiger partial charge is 0.410 e. The van der Waals surface area contributed by atoms with E-state index in [9.17, 15) is 4.79 Å². The molecule has 116 valence electrons. The maximum atomic E-state index is 12.0. The fourth-order valence-electron chi connectivity index (χ4n) is 3.10. The summed E-state index contributed by atoms with van der Waals surface area (Å²) in [7, 11) is 0. The summed E-state index contributed by atoms with van der Waals surface area (Å²) >= 11 is 1.71. The molecule has 0 bridgehead atoms. The van der Waals surface area contributed by atoms with E-state index in [0.717, 1.165) is 39.0 Å². The zero-order valence-electron chi connectivity index (χ0n) is 12.7. The average molecular weight is 309 g/mol. The fraction of sp³-hybridized carbons (Fsp3) is 0.733. The van der Waals surface area contributed by atoms with E-state index in [0.29, 0.717) is 12.6 Å². The molecule has 0 radical (unpaired) electrons. The second-order valence-electron chi connectivity index (χ2n) is 6.78. The first-order chi connectivity index (χ1) is 10.0. The molecule has 2 aliphatic heterocycles. The van der Waals surface area contributed by atoms with Crippen molar-refractivity contribution in [1.29, 1.82) is 0 Å². The lowest BCUT2D eigenvalue weighted by Crippen LogP contribution is -2.54. The van der Waals surface area contributed by atoms with E-state index in [-0.39, 0.29) is 11.5 Å². The molecular formula is C15H23N3O2S. The van der Waals surface area contributed by atoms with Gasteiger partial charge >= 0.3 is 6.09 Å². The van der Waals surface area contributed by atoms with Crippen LogP contribution in [0, 0.1) is 5.41 Å². The minimum Gasteiger partial charge on any atom is -0.449 e. The Bertz CT molecular complexity index is 481. The van der Waals surface area contributed by atoms with Crippen molar-refractivity contribution in [3.8, 4) is 0 Å². The van der Waals surface area contributed by atoms with Gasteiger partial charge in [0.05, 0.1) is 13.2 Å². The zero-order valence-corrected chi connectivity index (χ0v) is 13.6. The predicted molar refractivity (Wildman–Crippen MR) is 82.2 cm³/mol. The highest BCUT2D eigenvalue weighted by atomic mass is 32.1. The Hall–Kier alpha value is -1.14. The van der Waals surface area contributed by atoms with Gasteiger partial charge in [0.2, 0.25) is 0 Å². The largest absolute Gasteiger partial charge is 0.449 e. The predicted octanol–water partition coefficient (Wildman–Crippen LogP) is 2.59. The molecule has 0 N–H and O–H groups in total. The molecule has 1 aromatic heterocycles. The molecule has 2 aliphatic rings. The van der Waals surface area contributed by atoms with Crippen LogP contribution < -0.4 is 0 Å². The van der Waals surface area contributed by atoms with E-state index in [4.69, 9.17) is 4.74 Å². The topological polar surface area (TPSA) is 45.7 Å². The Morgan fingerprint density at radius 1 is 1.43 bits per heavy atom. The van der Waals surface area contributed by atoms with Crippen LogP contribution in [0.3, 0.4) is 0 Å². The number of amides is 1. The molecule has 0 atom stereocenters. The van der Waals surface area contributed by atoms with Crippen LogP contribution in [0.15, 0.2) is 11.6 Å². The molecule has 1 amide bonds. The summed E-state index contributed by atoms with van der Waals surface area (Å²) < 4.78 is 5.34. The van der Waals surface area contributed by atoms with Crippen LogP contribution >= 0.6 is 11.3 Å². The molecule has 2 saturated heterocycles. The first-order valence-electron chi connectivity index (χ1n) is 7.58. The van der Waals surface area contributed by atoms with Crippen molar-refractivity contribution < 1.29 is 9.53 Å². The number of hydrogen-bond donors (Lipinski definition) is 0. The van der Waals surface area contributed by atoms with Crippen molar-refractivity contribution in [3.05, 3.63) is 16.6 Å². The van der Waals surface area contributed by atoms with Crippen molar-refractivity contribution in [3.63, 3.8) is 0 Å². The number of aromatic nitrogens is 1. The Kier molecular flexibility index (Phi) is 4.17. The number of rotatable bonds is 3. The summed E-state index contributed by atoms with van der Waals surface area (Å²) in [4.78, 5) is 20.7. The molecule has 0 unspecified atom stereocenters. The van der Waals surface area contributed by atoms with Gasteiger partial charge in [-0.2, -0.15) is 0 Å². The van der Waals surface area contributed by atoms with Gasteiger partial charge in [-0.05, 0) is 12.8 Å². The number of cyclic esters (lactones) is 1. The van der Waals surface area contributed by atoms with Gasteiger partial charge in [-0.3, -0.25) is 4.90 Å². The van der Waals surface area contributed by atoms with Gasteiger partial charge in [0.25, 0.3) is 0 Å². The van der Waals surface area contributed by atoms with Gasteiger partial charge in [0, 0.05) is 42.7 Å². The van der Waals surface area contributed by atoms with Crippen molar-refractivity contribution in [2.24, 2.45) is 5.41 Å². The van der Waals surface area contributed by atoms with Gasteiger partial charge in [-0.15, -0.1) is 11.3 Å². The fourth-order valence-corrected chi connectivity index (χ4v) is 3.76. The van der Waals surface area contributed by atoms with Gasteiger partial charge in [0.1, 0.15) is 5.01 Å². The molecule has 2 fully saturated rings. The number of thiazole rings is 1. The van der Waals surface area contributed by atoms with E-state index in [1.807, 2.05) is 16.5 Å². The number of piperidine rings is 1. The monoisotopic (exact) mass is 309 g/mol. The number of ether oxygens (including phenoxy) is 1. The molecule has 0 saturated carbocycles. The van der Waals surface area contributed by atoms with Gasteiger partial charge < -0.3 is 9.64 Å². The molecule has 0 aliphatic carbocycles. The lowest BCUT2D eigenvalue weighted by atomic mass is 9.91. The van der Waals surface area contributed by atoms with E-state index < -0.39 is 0 Å². The molecule has 6 heteroatoms. The van der Waals surface area contributed by atoms with Crippen molar-refractivity contribution in [2.45, 2.75) is 39.3 Å². The lowest BCUT2D eigenvalue weighted by Gasteiger charge is -2.44. The third kappa shape index (κ3) is 3.55. The molecule has 1 aromatic rings. The molecule has 0 aromatic carbocycles. The van der Waals surface area contributed by atoms with Gasteiger partial charge in [0.15, 0.2) is 0 Å². The van der Waals surface area contributed by atoms with E-state index >= 15 is 0 Å². The molecular weight excluding hydrogens is 286 g/mol. The summed E-state index contributed by atoms with van der Waals surface area (Å²) in [6.45, 7) is 8.63.